The summed E-state index contributed by atoms with van der Waals surface area (Å²) in [7, 11) is 0. The summed E-state index contributed by atoms with van der Waals surface area (Å²) in [5.41, 5.74) is 3.61. The van der Waals surface area contributed by atoms with E-state index in [2.05, 4.69) is 20.3 Å². The summed E-state index contributed by atoms with van der Waals surface area (Å²) in [5.74, 6) is 0.961. The zero-order valence-electron chi connectivity index (χ0n) is 14.4. The molecular weight excluding hydrogens is 328 g/mol. The topological polar surface area (TPSA) is 75.4 Å². The van der Waals surface area contributed by atoms with E-state index < -0.39 is 0 Å². The maximum Gasteiger partial charge on any atom is 0.272 e. The third-order valence-corrected chi connectivity index (χ3v) is 5.13. The third-order valence-electron chi connectivity index (χ3n) is 5.13. The van der Waals surface area contributed by atoms with Gasteiger partial charge >= 0.3 is 0 Å². The van der Waals surface area contributed by atoms with E-state index in [4.69, 9.17) is 0 Å². The molecule has 0 radical (unpaired) electrons. The van der Waals surface area contributed by atoms with Crippen LogP contribution in [0.15, 0.2) is 36.9 Å². The molecule has 5 rings (SSSR count). The Hall–Kier alpha value is -2.96. The zero-order valence-corrected chi connectivity index (χ0v) is 14.4. The Kier molecular flexibility index (Phi) is 3.58. The average Bonchev–Trinajstić information content (AvgIpc) is 3.42. The van der Waals surface area contributed by atoms with Crippen LogP contribution in [0, 0.1) is 0 Å². The van der Waals surface area contributed by atoms with Crippen LogP contribution in [0.25, 0.3) is 5.65 Å². The number of imidazole rings is 1. The highest BCUT2D eigenvalue weighted by Crippen LogP contribution is 2.28. The molecule has 0 spiro atoms. The fourth-order valence-corrected chi connectivity index (χ4v) is 3.53. The summed E-state index contributed by atoms with van der Waals surface area (Å²) in [6, 6.07) is 6.29. The van der Waals surface area contributed by atoms with Crippen LogP contribution in [0.4, 0.5) is 5.82 Å². The van der Waals surface area contributed by atoms with Crippen molar-refractivity contribution in [1.82, 2.24) is 24.3 Å². The number of fused-ring (bicyclic) bond motifs is 2. The summed E-state index contributed by atoms with van der Waals surface area (Å²) < 4.78 is 1.85. The van der Waals surface area contributed by atoms with Crippen LogP contribution in [0.2, 0.25) is 0 Å². The molecule has 1 fully saturated rings. The summed E-state index contributed by atoms with van der Waals surface area (Å²) in [6.07, 6.45) is 9.11. The second-order valence-corrected chi connectivity index (χ2v) is 6.93. The second-order valence-electron chi connectivity index (χ2n) is 6.93. The first kappa shape index (κ1) is 15.3. The Morgan fingerprint density at radius 1 is 1.12 bits per heavy atom. The number of nitrogens with one attached hydrogen (secondary N) is 1. The summed E-state index contributed by atoms with van der Waals surface area (Å²) >= 11 is 0. The number of pyridine rings is 1. The van der Waals surface area contributed by atoms with Crippen LogP contribution in [0.3, 0.4) is 0 Å². The lowest BCUT2D eigenvalue weighted by atomic mass is 10.1. The molecule has 2 aliphatic rings. The SMILES string of the molecule is O=C(c1cnc2ccccn12)N1CCc2ncnc(NC3CC3)c2CC1. The molecule has 4 heterocycles. The Bertz CT molecular complexity index is 977. The maximum atomic E-state index is 13.1. The molecule has 0 aromatic carbocycles. The van der Waals surface area contributed by atoms with Crippen molar-refractivity contribution < 1.29 is 4.79 Å². The van der Waals surface area contributed by atoms with E-state index in [9.17, 15) is 4.79 Å². The largest absolute Gasteiger partial charge is 0.367 e. The molecule has 3 aromatic heterocycles. The molecule has 132 valence electrons. The van der Waals surface area contributed by atoms with Crippen molar-refractivity contribution in [2.24, 2.45) is 0 Å². The highest BCUT2D eigenvalue weighted by atomic mass is 16.2. The van der Waals surface area contributed by atoms with Gasteiger partial charge in [0.15, 0.2) is 0 Å². The van der Waals surface area contributed by atoms with Crippen molar-refractivity contribution in [2.45, 2.75) is 31.7 Å². The van der Waals surface area contributed by atoms with Gasteiger partial charge in [-0.3, -0.25) is 9.20 Å². The first-order valence-corrected chi connectivity index (χ1v) is 9.10. The number of amides is 1. The number of anilines is 1. The predicted octanol–water partition coefficient (Wildman–Crippen LogP) is 1.94. The van der Waals surface area contributed by atoms with E-state index in [1.54, 1.807) is 12.5 Å². The lowest BCUT2D eigenvalue weighted by Crippen LogP contribution is -2.34. The number of carbonyl (C=O) groups excluding carboxylic acids is 1. The Balaban J connectivity index is 1.39. The fraction of sp³-hybridized carbons (Fsp3) is 0.368. The van der Waals surface area contributed by atoms with Crippen LogP contribution in [-0.4, -0.2) is 49.3 Å². The van der Waals surface area contributed by atoms with Gasteiger partial charge in [0.05, 0.1) is 11.9 Å². The van der Waals surface area contributed by atoms with Crippen LogP contribution in [-0.2, 0) is 12.8 Å². The van der Waals surface area contributed by atoms with Crippen molar-refractivity contribution in [3.8, 4) is 0 Å². The standard InChI is InChI=1S/C19H20N6O/c26-19(16-11-20-17-3-1-2-8-25(16)17)24-9-6-14-15(7-10-24)21-12-22-18(14)23-13-4-5-13/h1-3,8,11-13H,4-7,9-10H2,(H,21,22,23). The van der Waals surface area contributed by atoms with Gasteiger partial charge in [-0.1, -0.05) is 6.07 Å². The van der Waals surface area contributed by atoms with Gasteiger partial charge in [0, 0.05) is 37.3 Å². The molecule has 1 aliphatic carbocycles. The maximum absolute atomic E-state index is 13.1. The molecule has 7 heteroatoms. The first-order valence-electron chi connectivity index (χ1n) is 9.10. The molecular formula is C19H20N6O. The number of aromatic nitrogens is 4. The molecule has 0 atom stereocenters. The lowest BCUT2D eigenvalue weighted by Gasteiger charge is -2.19. The van der Waals surface area contributed by atoms with E-state index in [1.807, 2.05) is 33.7 Å². The summed E-state index contributed by atoms with van der Waals surface area (Å²) in [4.78, 5) is 28.2. The molecule has 0 bridgehead atoms. The molecule has 0 saturated heterocycles. The van der Waals surface area contributed by atoms with E-state index in [-0.39, 0.29) is 5.91 Å². The molecule has 26 heavy (non-hydrogen) atoms. The van der Waals surface area contributed by atoms with E-state index in [1.165, 1.54) is 12.8 Å². The van der Waals surface area contributed by atoms with Crippen LogP contribution >= 0.6 is 0 Å². The van der Waals surface area contributed by atoms with Gasteiger partial charge in [-0.25, -0.2) is 15.0 Å². The van der Waals surface area contributed by atoms with Crippen molar-refractivity contribution in [3.63, 3.8) is 0 Å². The van der Waals surface area contributed by atoms with Crippen LogP contribution < -0.4 is 5.32 Å². The van der Waals surface area contributed by atoms with Crippen LogP contribution in [0.5, 0.6) is 0 Å². The summed E-state index contributed by atoms with van der Waals surface area (Å²) in [6.45, 7) is 1.32. The van der Waals surface area contributed by atoms with Gasteiger partial charge in [-0.2, -0.15) is 0 Å². The Morgan fingerprint density at radius 3 is 2.88 bits per heavy atom. The van der Waals surface area contributed by atoms with Crippen molar-refractivity contribution in [3.05, 3.63) is 53.9 Å². The average molecular weight is 348 g/mol. The zero-order chi connectivity index (χ0) is 17.5. The smallest absolute Gasteiger partial charge is 0.272 e. The van der Waals surface area contributed by atoms with Gasteiger partial charge in [0.1, 0.15) is 23.5 Å². The normalized spacial score (nSPS) is 17.0. The molecule has 1 amide bonds. The molecule has 1 saturated carbocycles. The minimum absolute atomic E-state index is 0.0150. The Morgan fingerprint density at radius 2 is 2.00 bits per heavy atom. The van der Waals surface area contributed by atoms with E-state index >= 15 is 0 Å². The highest BCUT2D eigenvalue weighted by Gasteiger charge is 2.27. The van der Waals surface area contributed by atoms with Crippen molar-refractivity contribution in [1.29, 1.82) is 0 Å². The molecule has 7 nitrogen and oxygen atoms in total. The van der Waals surface area contributed by atoms with Gasteiger partial charge < -0.3 is 10.2 Å². The van der Waals surface area contributed by atoms with Gasteiger partial charge in [0.25, 0.3) is 5.91 Å². The van der Waals surface area contributed by atoms with Gasteiger partial charge in [-0.15, -0.1) is 0 Å². The minimum atomic E-state index is 0.0150. The number of rotatable bonds is 3. The molecule has 0 unspecified atom stereocenters. The van der Waals surface area contributed by atoms with E-state index in [0.29, 0.717) is 24.8 Å². The quantitative estimate of drug-likeness (QED) is 0.783. The monoisotopic (exact) mass is 348 g/mol. The molecule has 3 aromatic rings. The van der Waals surface area contributed by atoms with Gasteiger partial charge in [-0.05, 0) is 31.4 Å². The first-order chi connectivity index (χ1) is 12.8. The lowest BCUT2D eigenvalue weighted by molar-refractivity contribution is 0.0756. The third kappa shape index (κ3) is 2.69. The number of hydrogen-bond donors (Lipinski definition) is 1. The number of carbonyl (C=O) groups is 1. The number of nitrogens with zero attached hydrogens (tertiary/aromatic N) is 5. The second kappa shape index (κ2) is 6.09. The van der Waals surface area contributed by atoms with Crippen LogP contribution in [0.1, 0.15) is 34.6 Å². The number of hydrogen-bond acceptors (Lipinski definition) is 5. The fourth-order valence-electron chi connectivity index (χ4n) is 3.53. The summed E-state index contributed by atoms with van der Waals surface area (Å²) in [5, 5.41) is 3.50. The van der Waals surface area contributed by atoms with Crippen molar-refractivity contribution >= 4 is 17.4 Å². The van der Waals surface area contributed by atoms with E-state index in [0.717, 1.165) is 35.6 Å². The Labute approximate surface area is 151 Å². The molecule has 1 N–H and O–H groups in total. The predicted molar refractivity (Wildman–Crippen MR) is 97.2 cm³/mol. The minimum Gasteiger partial charge on any atom is -0.367 e. The highest BCUT2D eigenvalue weighted by molar-refractivity contribution is 5.93. The van der Waals surface area contributed by atoms with Crippen molar-refractivity contribution in [2.75, 3.05) is 18.4 Å². The molecule has 1 aliphatic heterocycles. The van der Waals surface area contributed by atoms with Gasteiger partial charge in [0.2, 0.25) is 0 Å².